The second kappa shape index (κ2) is 10.5. The van der Waals surface area contributed by atoms with Crippen LogP contribution < -0.4 is 10.2 Å². The third-order valence-electron chi connectivity index (χ3n) is 7.90. The lowest BCUT2D eigenvalue weighted by atomic mass is 9.73. The van der Waals surface area contributed by atoms with Gasteiger partial charge in [0.05, 0.1) is 40.8 Å². The summed E-state index contributed by atoms with van der Waals surface area (Å²) >= 11 is 1.57. The summed E-state index contributed by atoms with van der Waals surface area (Å²) in [5.74, 6) is 0.840. The van der Waals surface area contributed by atoms with E-state index < -0.39 is 11.7 Å². The summed E-state index contributed by atoms with van der Waals surface area (Å²) in [7, 11) is 0. The quantitative estimate of drug-likeness (QED) is 0.353. The fraction of sp³-hybridized carbons (Fsp3) is 0.433. The summed E-state index contributed by atoms with van der Waals surface area (Å²) in [6.45, 7) is 9.79. The highest BCUT2D eigenvalue weighted by atomic mass is 32.2. The first-order chi connectivity index (χ1) is 19.7. The van der Waals surface area contributed by atoms with Crippen LogP contribution in [0.5, 0.6) is 0 Å². The van der Waals surface area contributed by atoms with Gasteiger partial charge >= 0.3 is 6.09 Å². The van der Waals surface area contributed by atoms with Crippen molar-refractivity contribution in [3.8, 4) is 6.07 Å². The lowest BCUT2D eigenvalue weighted by Crippen LogP contribution is -2.55. The molecule has 6 rings (SSSR count). The van der Waals surface area contributed by atoms with Gasteiger partial charge in [0.25, 0.3) is 0 Å². The molecule has 2 aliphatic heterocycles. The summed E-state index contributed by atoms with van der Waals surface area (Å²) in [6, 6.07) is 9.58. The molecular formula is C30H33N7O3S. The van der Waals surface area contributed by atoms with Crippen molar-refractivity contribution in [2.24, 2.45) is 5.41 Å². The monoisotopic (exact) mass is 571 g/mol. The third-order valence-corrected chi connectivity index (χ3v) is 8.99. The van der Waals surface area contributed by atoms with Crippen molar-refractivity contribution in [1.29, 1.82) is 5.26 Å². The largest absolute Gasteiger partial charge is 0.444 e. The van der Waals surface area contributed by atoms with E-state index in [4.69, 9.17) is 14.5 Å². The lowest BCUT2D eigenvalue weighted by Gasteiger charge is -2.43. The number of nitrogens with one attached hydrogen (secondary N) is 1. The Bertz CT molecular complexity index is 1650. The van der Waals surface area contributed by atoms with Gasteiger partial charge < -0.3 is 19.7 Å². The maximum atomic E-state index is 12.6. The molecule has 2 saturated heterocycles. The topological polar surface area (TPSA) is 118 Å². The molecule has 2 atom stereocenters. The molecule has 41 heavy (non-hydrogen) atoms. The number of amides is 1. The molecule has 10 nitrogen and oxygen atoms in total. The molecule has 1 aromatic carbocycles. The van der Waals surface area contributed by atoms with Gasteiger partial charge in [-0.15, -0.1) is 0 Å². The molecule has 5 heterocycles. The second-order valence-corrected chi connectivity index (χ2v) is 12.9. The first kappa shape index (κ1) is 27.3. The highest BCUT2D eigenvalue weighted by Gasteiger charge is 2.50. The molecule has 11 heteroatoms. The minimum absolute atomic E-state index is 0.0858. The molecule has 0 saturated carbocycles. The van der Waals surface area contributed by atoms with Crippen LogP contribution in [0.1, 0.15) is 46.1 Å². The van der Waals surface area contributed by atoms with E-state index >= 15 is 0 Å². The van der Waals surface area contributed by atoms with Crippen molar-refractivity contribution >= 4 is 40.4 Å². The van der Waals surface area contributed by atoms with Crippen LogP contribution in [-0.4, -0.2) is 62.9 Å². The average Bonchev–Trinajstić information content (AvgIpc) is 3.55. The number of fused-ring (bicyclic) bond motifs is 2. The Morgan fingerprint density at radius 1 is 1.17 bits per heavy atom. The van der Waals surface area contributed by atoms with Crippen LogP contribution >= 0.6 is 11.8 Å². The number of carbonyl (C=O) groups excluding carboxylic acids is 1. The zero-order valence-electron chi connectivity index (χ0n) is 23.6. The molecule has 1 amide bonds. The van der Waals surface area contributed by atoms with E-state index in [1.807, 2.05) is 62.7 Å². The Morgan fingerprint density at radius 3 is 2.73 bits per heavy atom. The highest BCUT2D eigenvalue weighted by molar-refractivity contribution is 7.99. The van der Waals surface area contributed by atoms with Crippen LogP contribution in [0, 0.1) is 16.7 Å². The number of rotatable bonds is 4. The second-order valence-electron chi connectivity index (χ2n) is 11.8. The number of pyridine rings is 1. The van der Waals surface area contributed by atoms with Gasteiger partial charge in [0, 0.05) is 53.6 Å². The number of hydrogen-bond acceptors (Lipinski definition) is 9. The predicted molar refractivity (Wildman–Crippen MR) is 156 cm³/mol. The summed E-state index contributed by atoms with van der Waals surface area (Å²) in [5, 5.41) is 13.4. The molecule has 0 bridgehead atoms. The van der Waals surface area contributed by atoms with Gasteiger partial charge in [-0.2, -0.15) is 5.26 Å². The molecule has 2 fully saturated rings. The van der Waals surface area contributed by atoms with Crippen molar-refractivity contribution in [1.82, 2.24) is 24.7 Å². The molecule has 2 aliphatic rings. The molecule has 3 aromatic heterocycles. The van der Waals surface area contributed by atoms with Gasteiger partial charge in [0.2, 0.25) is 5.95 Å². The molecule has 0 aliphatic carbocycles. The number of hydrogen-bond donors (Lipinski definition) is 1. The first-order valence-corrected chi connectivity index (χ1v) is 14.6. The Balaban J connectivity index is 1.21. The molecular weight excluding hydrogens is 538 g/mol. The van der Waals surface area contributed by atoms with Gasteiger partial charge in [-0.05, 0) is 64.8 Å². The van der Waals surface area contributed by atoms with Crippen LogP contribution in [-0.2, 0) is 9.47 Å². The van der Waals surface area contributed by atoms with Gasteiger partial charge in [-0.25, -0.2) is 14.8 Å². The summed E-state index contributed by atoms with van der Waals surface area (Å²) in [5.41, 5.74) is 1.55. The Kier molecular flexibility index (Phi) is 6.99. The van der Waals surface area contributed by atoms with Crippen molar-refractivity contribution < 1.29 is 14.3 Å². The Labute approximate surface area is 243 Å². The van der Waals surface area contributed by atoms with E-state index in [9.17, 15) is 10.1 Å². The molecule has 4 aromatic rings. The van der Waals surface area contributed by atoms with Crippen LogP contribution in [0.15, 0.2) is 58.8 Å². The molecule has 212 valence electrons. The van der Waals surface area contributed by atoms with Crippen LogP contribution in [0.2, 0.25) is 0 Å². The number of carbonyl (C=O) groups is 1. The molecule has 1 unspecified atom stereocenters. The van der Waals surface area contributed by atoms with E-state index in [1.54, 1.807) is 30.2 Å². The molecule has 1 spiro atoms. The summed E-state index contributed by atoms with van der Waals surface area (Å²) in [6.07, 6.45) is 8.62. The van der Waals surface area contributed by atoms with Crippen molar-refractivity contribution in [2.45, 2.75) is 68.1 Å². The maximum absolute atomic E-state index is 12.6. The van der Waals surface area contributed by atoms with Gasteiger partial charge in [-0.3, -0.25) is 9.38 Å². The number of imidazole rings is 1. The number of aromatic nitrogens is 4. The van der Waals surface area contributed by atoms with Crippen molar-refractivity contribution in [3.05, 3.63) is 54.6 Å². The minimum atomic E-state index is -0.556. The van der Waals surface area contributed by atoms with Gasteiger partial charge in [-0.1, -0.05) is 11.8 Å². The normalized spacial score (nSPS) is 20.4. The average molecular weight is 572 g/mol. The first-order valence-electron chi connectivity index (χ1n) is 13.8. The molecule has 0 radical (unpaired) electrons. The Morgan fingerprint density at radius 2 is 1.98 bits per heavy atom. The summed E-state index contributed by atoms with van der Waals surface area (Å²) < 4.78 is 13.6. The zero-order chi connectivity index (χ0) is 28.8. The number of ether oxygens (including phenoxy) is 2. The number of anilines is 1. The number of piperidine rings is 1. The number of alkyl carbamates (subject to hydrolysis) is 1. The van der Waals surface area contributed by atoms with E-state index in [2.05, 4.69) is 26.3 Å². The fourth-order valence-corrected chi connectivity index (χ4v) is 6.87. The minimum Gasteiger partial charge on any atom is -0.444 e. The smallest absolute Gasteiger partial charge is 0.407 e. The van der Waals surface area contributed by atoms with Crippen LogP contribution in [0.25, 0.3) is 16.6 Å². The predicted octanol–water partition coefficient (Wildman–Crippen LogP) is 5.20. The number of benzene rings is 1. The van der Waals surface area contributed by atoms with E-state index in [1.165, 1.54) is 0 Å². The van der Waals surface area contributed by atoms with Crippen LogP contribution in [0.4, 0.5) is 10.7 Å². The number of nitriles is 1. The fourth-order valence-electron chi connectivity index (χ4n) is 5.88. The lowest BCUT2D eigenvalue weighted by molar-refractivity contribution is 0.0434. The SMILES string of the molecule is C[C@@H]1OCC2(CCN(c3ncc(Sc4ccnc5ccc(C#N)cc45)c4nccn34)CC2)C1NC(=O)OC(C)(C)C. The van der Waals surface area contributed by atoms with Crippen molar-refractivity contribution in [2.75, 3.05) is 24.6 Å². The van der Waals surface area contributed by atoms with E-state index in [0.717, 1.165) is 58.2 Å². The Hall–Kier alpha value is -3.88. The van der Waals surface area contributed by atoms with Crippen molar-refractivity contribution in [3.63, 3.8) is 0 Å². The standard InChI is InChI=1S/C30H33N7O3S/c1-19-25(35-28(38)40-29(2,3)4)30(18-39-19)8-12-36(13-9-30)27-34-17-24(26-33-11-14-37(26)27)41-23-7-10-32-22-6-5-20(16-31)15-21(22)23/h5-7,10-11,14-15,17,19,25H,8-9,12-13,18H2,1-4H3,(H,35,38)/t19-,25?/m0/s1. The zero-order valence-corrected chi connectivity index (χ0v) is 24.4. The third kappa shape index (κ3) is 5.29. The van der Waals surface area contributed by atoms with Gasteiger partial charge in [0.15, 0.2) is 5.65 Å². The maximum Gasteiger partial charge on any atom is 0.407 e. The number of nitrogens with zero attached hydrogens (tertiary/aromatic N) is 6. The van der Waals surface area contributed by atoms with E-state index in [0.29, 0.717) is 12.2 Å². The van der Waals surface area contributed by atoms with Gasteiger partial charge in [0.1, 0.15) is 5.60 Å². The van der Waals surface area contributed by atoms with Crippen LogP contribution in [0.3, 0.4) is 0 Å². The molecule has 1 N–H and O–H groups in total. The summed E-state index contributed by atoms with van der Waals surface area (Å²) in [4.78, 5) is 30.8. The van der Waals surface area contributed by atoms with E-state index in [-0.39, 0.29) is 17.6 Å². The highest BCUT2D eigenvalue weighted by Crippen LogP contribution is 2.43.